The number of carbonyl (C=O) groups excluding carboxylic acids is 2. The Bertz CT molecular complexity index is 1370. The van der Waals surface area contributed by atoms with E-state index >= 15 is 0 Å². The lowest BCUT2D eigenvalue weighted by molar-refractivity contribution is -0.131. The van der Waals surface area contributed by atoms with Gasteiger partial charge in [-0.1, -0.05) is 24.3 Å². The van der Waals surface area contributed by atoms with Crippen LogP contribution < -0.4 is 20.1 Å². The number of urea groups is 1. The van der Waals surface area contributed by atoms with Crippen LogP contribution in [0.15, 0.2) is 65.1 Å². The van der Waals surface area contributed by atoms with Gasteiger partial charge < -0.3 is 30.1 Å². The molecule has 1 atom stereocenters. The Labute approximate surface area is 232 Å². The van der Waals surface area contributed by atoms with Crippen LogP contribution in [0, 0.1) is 0 Å². The Morgan fingerprint density at radius 1 is 1.00 bits per heavy atom. The number of carboxylic acids is 1. The van der Waals surface area contributed by atoms with Gasteiger partial charge in [-0.2, -0.15) is 0 Å². The number of rotatable bonds is 8. The lowest BCUT2D eigenvalue weighted by Crippen LogP contribution is -2.32. The summed E-state index contributed by atoms with van der Waals surface area (Å²) < 4.78 is 11.5. The van der Waals surface area contributed by atoms with Crippen molar-refractivity contribution in [3.63, 3.8) is 0 Å². The number of ether oxygens (including phenoxy) is 2. The summed E-state index contributed by atoms with van der Waals surface area (Å²) in [5.74, 6) is 0.767. The predicted molar refractivity (Wildman–Crippen MR) is 150 cm³/mol. The fourth-order valence-corrected chi connectivity index (χ4v) is 5.73. The molecular formula is C27H26BrN3O6S. The van der Waals surface area contributed by atoms with E-state index in [-0.39, 0.29) is 29.7 Å². The van der Waals surface area contributed by atoms with Gasteiger partial charge in [0, 0.05) is 10.2 Å². The topological polar surface area (TPSA) is 117 Å². The zero-order chi connectivity index (χ0) is 27.2. The van der Waals surface area contributed by atoms with E-state index in [0.29, 0.717) is 28.8 Å². The van der Waals surface area contributed by atoms with Gasteiger partial charge in [-0.3, -0.25) is 4.79 Å². The first-order chi connectivity index (χ1) is 18.3. The molecule has 1 unspecified atom stereocenters. The molecule has 1 heterocycles. The lowest BCUT2D eigenvalue weighted by Gasteiger charge is -2.25. The number of amides is 3. The van der Waals surface area contributed by atoms with Gasteiger partial charge in [0.25, 0.3) is 0 Å². The molecule has 1 saturated heterocycles. The fraction of sp³-hybridized carbons (Fsp3) is 0.222. The highest BCUT2D eigenvalue weighted by molar-refractivity contribution is 9.10. The third-order valence-electron chi connectivity index (χ3n) is 6.03. The summed E-state index contributed by atoms with van der Waals surface area (Å²) in [4.78, 5) is 39.0. The quantitative estimate of drug-likeness (QED) is 0.307. The van der Waals surface area contributed by atoms with Crippen molar-refractivity contribution in [3.05, 3.63) is 81.8 Å². The van der Waals surface area contributed by atoms with Gasteiger partial charge >= 0.3 is 12.0 Å². The van der Waals surface area contributed by atoms with E-state index in [1.54, 1.807) is 53.1 Å². The summed E-state index contributed by atoms with van der Waals surface area (Å²) in [6.07, 6.45) is 0.140. The molecular weight excluding hydrogens is 574 g/mol. The van der Waals surface area contributed by atoms with E-state index < -0.39 is 12.0 Å². The Hall–Kier alpha value is -3.70. The minimum absolute atomic E-state index is 0.0734. The third-order valence-corrected chi connectivity index (χ3v) is 7.74. The second kappa shape index (κ2) is 12.2. The maximum atomic E-state index is 13.3. The maximum Gasteiger partial charge on any atom is 0.339 e. The summed E-state index contributed by atoms with van der Waals surface area (Å²) in [6.45, 7) is 0. The average molecular weight is 600 g/mol. The number of halogens is 1. The molecule has 3 amide bonds. The number of anilines is 2. The molecule has 1 aliphatic rings. The van der Waals surface area contributed by atoms with Crippen molar-refractivity contribution < 1.29 is 29.0 Å². The number of carbonyl (C=O) groups is 3. The maximum absolute atomic E-state index is 13.3. The minimum Gasteiger partial charge on any atom is -0.496 e. The molecule has 11 heteroatoms. The molecule has 3 N–H and O–H groups in total. The molecule has 0 aromatic heterocycles. The fourth-order valence-electron chi connectivity index (χ4n) is 4.12. The number of hydrogen-bond acceptors (Lipinski definition) is 6. The molecule has 9 nitrogen and oxygen atoms in total. The van der Waals surface area contributed by atoms with Crippen molar-refractivity contribution >= 4 is 57.0 Å². The van der Waals surface area contributed by atoms with Crippen molar-refractivity contribution in [1.29, 1.82) is 0 Å². The molecule has 0 saturated carbocycles. The van der Waals surface area contributed by atoms with E-state index in [9.17, 15) is 19.5 Å². The van der Waals surface area contributed by atoms with Crippen LogP contribution in [0.1, 0.15) is 27.5 Å². The summed E-state index contributed by atoms with van der Waals surface area (Å²) in [5.41, 5.74) is 2.72. The second-order valence-electron chi connectivity index (χ2n) is 8.41. The van der Waals surface area contributed by atoms with Crippen molar-refractivity contribution in [2.45, 2.75) is 12.5 Å². The summed E-state index contributed by atoms with van der Waals surface area (Å²) >= 11 is 5.03. The number of benzene rings is 3. The summed E-state index contributed by atoms with van der Waals surface area (Å²) in [6, 6.07) is 16.8. The number of nitrogens with zero attached hydrogens (tertiary/aromatic N) is 1. The molecule has 4 rings (SSSR count). The van der Waals surface area contributed by atoms with Crippen LogP contribution in [0.2, 0.25) is 0 Å². The minimum atomic E-state index is -1.07. The number of aromatic carboxylic acids is 1. The molecule has 1 aliphatic heterocycles. The van der Waals surface area contributed by atoms with E-state index in [1.165, 1.54) is 20.3 Å². The smallest absolute Gasteiger partial charge is 0.339 e. The van der Waals surface area contributed by atoms with Crippen molar-refractivity contribution in [3.8, 4) is 11.5 Å². The van der Waals surface area contributed by atoms with Gasteiger partial charge in [0.05, 0.1) is 43.9 Å². The van der Waals surface area contributed by atoms with Gasteiger partial charge in [0.15, 0.2) is 0 Å². The number of carboxylic acid groups (broad SMARTS) is 1. The zero-order valence-corrected chi connectivity index (χ0v) is 23.1. The van der Waals surface area contributed by atoms with Crippen LogP contribution in [0.4, 0.5) is 16.2 Å². The van der Waals surface area contributed by atoms with Gasteiger partial charge in [-0.15, -0.1) is 11.8 Å². The van der Waals surface area contributed by atoms with Crippen LogP contribution in [-0.2, 0) is 11.2 Å². The predicted octanol–water partition coefficient (Wildman–Crippen LogP) is 5.63. The molecule has 38 heavy (non-hydrogen) atoms. The van der Waals surface area contributed by atoms with Crippen molar-refractivity contribution in [2.24, 2.45) is 0 Å². The highest BCUT2D eigenvalue weighted by atomic mass is 79.9. The number of methoxy groups -OCH3 is 2. The Kier molecular flexibility index (Phi) is 8.80. The zero-order valence-electron chi connectivity index (χ0n) is 20.7. The standard InChI is InChI=1S/C27H26BrN3O6S/c1-36-23-13-17(8-9-18(23)26(33)34)22-14-38-15-31(22)25(32)12-16-7-10-21(24(11-16)37-2)30-27(35)29-20-6-4-3-5-19(20)28/h3-11,13,22H,12,14-15H2,1-2H3,(H,33,34)(H2,29,30,35). The van der Waals surface area contributed by atoms with Crippen LogP contribution in [0.3, 0.4) is 0 Å². The SMILES string of the molecule is COc1cc(CC(=O)N2CSCC2c2ccc(C(=O)O)c(OC)c2)ccc1NC(=O)Nc1ccccc1Br. The molecule has 1 fully saturated rings. The number of para-hydroxylation sites is 1. The van der Waals surface area contributed by atoms with Crippen molar-refractivity contribution in [2.75, 3.05) is 36.5 Å². The third kappa shape index (κ3) is 6.22. The van der Waals surface area contributed by atoms with Crippen LogP contribution in [0.5, 0.6) is 11.5 Å². The number of thioether (sulfide) groups is 1. The lowest BCUT2D eigenvalue weighted by atomic mass is 10.0. The van der Waals surface area contributed by atoms with Gasteiger partial charge in [0.2, 0.25) is 5.91 Å². The number of hydrogen-bond donors (Lipinski definition) is 3. The normalized spacial score (nSPS) is 14.6. The Morgan fingerprint density at radius 2 is 1.74 bits per heavy atom. The molecule has 0 spiro atoms. The van der Waals surface area contributed by atoms with Crippen LogP contribution in [0.25, 0.3) is 0 Å². The largest absolute Gasteiger partial charge is 0.496 e. The van der Waals surface area contributed by atoms with Gasteiger partial charge in [-0.05, 0) is 63.5 Å². The molecule has 3 aromatic rings. The highest BCUT2D eigenvalue weighted by Gasteiger charge is 2.31. The molecule has 0 bridgehead atoms. The molecule has 0 aliphatic carbocycles. The van der Waals surface area contributed by atoms with E-state index in [1.807, 2.05) is 18.2 Å². The van der Waals surface area contributed by atoms with Crippen LogP contribution >= 0.6 is 27.7 Å². The van der Waals surface area contributed by atoms with E-state index in [2.05, 4.69) is 26.6 Å². The average Bonchev–Trinajstić information content (AvgIpc) is 3.40. The monoisotopic (exact) mass is 599 g/mol. The van der Waals surface area contributed by atoms with E-state index in [4.69, 9.17) is 9.47 Å². The first kappa shape index (κ1) is 27.3. The summed E-state index contributed by atoms with van der Waals surface area (Å²) in [5, 5.41) is 14.9. The first-order valence-corrected chi connectivity index (χ1v) is 13.5. The highest BCUT2D eigenvalue weighted by Crippen LogP contribution is 2.36. The Balaban J connectivity index is 1.45. The first-order valence-electron chi connectivity index (χ1n) is 11.6. The van der Waals surface area contributed by atoms with Gasteiger partial charge in [-0.25, -0.2) is 9.59 Å². The van der Waals surface area contributed by atoms with E-state index in [0.717, 1.165) is 15.6 Å². The molecule has 3 aromatic carbocycles. The second-order valence-corrected chi connectivity index (χ2v) is 10.3. The van der Waals surface area contributed by atoms with Gasteiger partial charge in [0.1, 0.15) is 17.1 Å². The Morgan fingerprint density at radius 3 is 2.45 bits per heavy atom. The summed E-state index contributed by atoms with van der Waals surface area (Å²) in [7, 11) is 2.92. The van der Waals surface area contributed by atoms with Crippen LogP contribution in [-0.4, -0.2) is 53.8 Å². The number of nitrogens with one attached hydrogen (secondary N) is 2. The molecule has 0 radical (unpaired) electrons. The van der Waals surface area contributed by atoms with Crippen molar-refractivity contribution in [1.82, 2.24) is 4.90 Å². The molecule has 198 valence electrons.